The van der Waals surface area contributed by atoms with E-state index in [1.165, 1.54) is 17.7 Å². The van der Waals surface area contributed by atoms with Crippen molar-refractivity contribution in [2.75, 3.05) is 0 Å². The number of benzene rings is 7. The van der Waals surface area contributed by atoms with Gasteiger partial charge in [0.05, 0.1) is 33.1 Å². The van der Waals surface area contributed by atoms with E-state index < -0.39 is 11.7 Å². The van der Waals surface area contributed by atoms with Crippen LogP contribution in [0.4, 0.5) is 13.2 Å². The summed E-state index contributed by atoms with van der Waals surface area (Å²) < 4.78 is 47.4. The maximum absolute atomic E-state index is 14.4. The Morgan fingerprint density at radius 3 is 2.10 bits per heavy atom. The molecule has 0 aliphatic carbocycles. The number of hydrogen-bond donors (Lipinski definition) is 1. The molecule has 0 saturated carbocycles. The molecule has 0 spiro atoms. The van der Waals surface area contributed by atoms with Crippen molar-refractivity contribution in [2.24, 2.45) is 0 Å². The molecular formula is C53H38F3N5. The second-order valence-corrected chi connectivity index (χ2v) is 16.1. The third-order valence-corrected chi connectivity index (χ3v) is 12.1. The molecule has 7 aromatic carbocycles. The van der Waals surface area contributed by atoms with E-state index in [1.807, 2.05) is 59.2 Å². The number of fused-ring (bicyclic) bond motifs is 7. The minimum absolute atomic E-state index is 0.511. The van der Waals surface area contributed by atoms with Crippen LogP contribution < -0.4 is 0 Å². The van der Waals surface area contributed by atoms with E-state index in [1.54, 1.807) is 13.1 Å². The van der Waals surface area contributed by atoms with E-state index in [2.05, 4.69) is 109 Å². The molecule has 0 aliphatic rings. The fourth-order valence-corrected chi connectivity index (χ4v) is 9.66. The summed E-state index contributed by atoms with van der Waals surface area (Å²) in [4.78, 5) is 14.0. The van der Waals surface area contributed by atoms with Crippen molar-refractivity contribution in [2.45, 2.75) is 33.9 Å². The first-order chi connectivity index (χ1) is 29.5. The largest absolute Gasteiger partial charge is 0.416 e. The highest BCUT2D eigenvalue weighted by molar-refractivity contribution is 6.13. The second kappa shape index (κ2) is 13.5. The van der Waals surface area contributed by atoms with Gasteiger partial charge in [0.2, 0.25) is 0 Å². The Balaban J connectivity index is 1.18. The molecule has 0 radical (unpaired) electrons. The smallest absolute Gasteiger partial charge is 0.354 e. The van der Waals surface area contributed by atoms with Gasteiger partial charge in [-0.3, -0.25) is 9.13 Å². The summed E-state index contributed by atoms with van der Waals surface area (Å²) >= 11 is 0. The maximum atomic E-state index is 14.4. The standard InChI is InChI=1S/C53H38F3N5/c1-30-24-31(2)48(32(3)25-30)35-22-23-57-47(28-35)61-46-27-34(20-21-40(46)43-29-36(53(54,55)56)26-33(4)51(43)61)38-15-11-19-45-50(38)59-52(60(45)37-12-6-5-7-13-37)42-17-10-16-41-39-14-8-9-18-44(39)58-49(41)42/h5-29,58H,1-4H3. The number of pyridine rings is 1. The lowest BCUT2D eigenvalue weighted by atomic mass is 9.94. The normalized spacial score (nSPS) is 12.2. The van der Waals surface area contributed by atoms with Crippen molar-refractivity contribution < 1.29 is 13.2 Å². The van der Waals surface area contributed by atoms with Crippen LogP contribution in [-0.2, 0) is 6.18 Å². The number of halogens is 3. The Bertz CT molecular complexity index is 3550. The Morgan fingerprint density at radius 2 is 1.30 bits per heavy atom. The SMILES string of the molecule is Cc1cc(C)c(-c2ccnc(-n3c4cc(-c5cccc6c5nc(-c5cccc7c5[nH]c5ccccc57)n6-c5ccccc5)ccc4c4cc(C(F)(F)F)cc(C)c43)c2)c(C)c1. The third-order valence-electron chi connectivity index (χ3n) is 12.1. The van der Waals surface area contributed by atoms with E-state index in [-0.39, 0.29) is 0 Å². The van der Waals surface area contributed by atoms with Gasteiger partial charge < -0.3 is 4.98 Å². The van der Waals surface area contributed by atoms with Crippen molar-refractivity contribution in [3.05, 3.63) is 180 Å². The molecule has 0 atom stereocenters. The number of alkyl halides is 3. The van der Waals surface area contributed by atoms with E-state index in [4.69, 9.17) is 9.97 Å². The summed E-state index contributed by atoms with van der Waals surface area (Å²) in [6, 6.07) is 48.0. The number of rotatable bonds is 5. The number of nitrogens with one attached hydrogen (secondary N) is 1. The van der Waals surface area contributed by atoms with Crippen LogP contribution in [0.5, 0.6) is 0 Å². The fraction of sp³-hybridized carbons (Fsp3) is 0.0943. The van der Waals surface area contributed by atoms with E-state index in [0.717, 1.165) is 88.8 Å². The van der Waals surface area contributed by atoms with E-state index in [9.17, 15) is 13.2 Å². The molecule has 1 N–H and O–H groups in total. The van der Waals surface area contributed by atoms with Crippen molar-refractivity contribution in [3.63, 3.8) is 0 Å². The van der Waals surface area contributed by atoms with Gasteiger partial charge in [-0.1, -0.05) is 90.5 Å². The third kappa shape index (κ3) is 5.77. The first-order valence-electron chi connectivity index (χ1n) is 20.3. The monoisotopic (exact) mass is 801 g/mol. The molecule has 0 unspecified atom stereocenters. The molecule has 61 heavy (non-hydrogen) atoms. The molecular weight excluding hydrogens is 764 g/mol. The predicted molar refractivity (Wildman–Crippen MR) is 243 cm³/mol. The van der Waals surface area contributed by atoms with E-state index >= 15 is 0 Å². The first-order valence-corrected chi connectivity index (χ1v) is 20.3. The molecule has 4 heterocycles. The van der Waals surface area contributed by atoms with Crippen LogP contribution in [0, 0.1) is 27.7 Å². The summed E-state index contributed by atoms with van der Waals surface area (Å²) in [5, 5.41) is 3.49. The molecule has 0 aliphatic heterocycles. The predicted octanol–water partition coefficient (Wildman–Crippen LogP) is 14.4. The number of hydrogen-bond acceptors (Lipinski definition) is 2. The van der Waals surface area contributed by atoms with Crippen LogP contribution in [0.1, 0.15) is 27.8 Å². The summed E-state index contributed by atoms with van der Waals surface area (Å²) in [6.45, 7) is 8.05. The maximum Gasteiger partial charge on any atom is 0.416 e. The zero-order valence-electron chi connectivity index (χ0n) is 33.9. The molecule has 4 aromatic heterocycles. The quantitative estimate of drug-likeness (QED) is 0.188. The topological polar surface area (TPSA) is 51.4 Å². The highest BCUT2D eigenvalue weighted by Gasteiger charge is 2.32. The molecule has 296 valence electrons. The number of imidazole rings is 1. The second-order valence-electron chi connectivity index (χ2n) is 16.1. The van der Waals surface area contributed by atoms with E-state index in [0.29, 0.717) is 27.7 Å². The van der Waals surface area contributed by atoms with Gasteiger partial charge in [-0.15, -0.1) is 0 Å². The van der Waals surface area contributed by atoms with Crippen molar-refractivity contribution in [1.29, 1.82) is 0 Å². The van der Waals surface area contributed by atoms with Gasteiger partial charge in [0.25, 0.3) is 0 Å². The average molecular weight is 802 g/mol. The summed E-state index contributed by atoms with van der Waals surface area (Å²) in [6.07, 6.45) is -2.72. The van der Waals surface area contributed by atoms with Gasteiger partial charge in [-0.2, -0.15) is 13.2 Å². The van der Waals surface area contributed by atoms with Gasteiger partial charge in [0.15, 0.2) is 0 Å². The van der Waals surface area contributed by atoms with Gasteiger partial charge in [0, 0.05) is 50.1 Å². The fourth-order valence-electron chi connectivity index (χ4n) is 9.66. The molecule has 0 bridgehead atoms. The zero-order chi connectivity index (χ0) is 41.7. The lowest BCUT2D eigenvalue weighted by Gasteiger charge is -2.15. The molecule has 5 nitrogen and oxygen atoms in total. The molecule has 11 aromatic rings. The molecule has 8 heteroatoms. The van der Waals surface area contributed by atoms with Crippen LogP contribution in [-0.4, -0.2) is 24.1 Å². The first kappa shape index (κ1) is 36.6. The Kier molecular flexibility index (Phi) is 8.13. The highest BCUT2D eigenvalue weighted by Crippen LogP contribution is 2.43. The van der Waals surface area contributed by atoms with Crippen molar-refractivity contribution >= 4 is 54.6 Å². The molecule has 0 amide bonds. The number of H-pyrrole nitrogens is 1. The lowest BCUT2D eigenvalue weighted by Crippen LogP contribution is -2.06. The van der Waals surface area contributed by atoms with Crippen LogP contribution in [0.2, 0.25) is 0 Å². The lowest BCUT2D eigenvalue weighted by molar-refractivity contribution is -0.137. The number of nitrogens with zero attached hydrogens (tertiary/aromatic N) is 4. The molecule has 11 rings (SSSR count). The van der Waals surface area contributed by atoms with Gasteiger partial charge in [-0.05, 0) is 122 Å². The van der Waals surface area contributed by atoms with Crippen LogP contribution in [0.15, 0.2) is 152 Å². The highest BCUT2D eigenvalue weighted by atomic mass is 19.4. The summed E-state index contributed by atoms with van der Waals surface area (Å²) in [7, 11) is 0. The molecule has 0 fully saturated rings. The number of aryl methyl sites for hydroxylation is 4. The van der Waals surface area contributed by atoms with Crippen LogP contribution >= 0.6 is 0 Å². The number of aromatic nitrogens is 5. The molecule has 0 saturated heterocycles. The van der Waals surface area contributed by atoms with Gasteiger partial charge >= 0.3 is 6.18 Å². The Labute approximate surface area is 349 Å². The van der Waals surface area contributed by atoms with Crippen LogP contribution in [0.3, 0.4) is 0 Å². The van der Waals surface area contributed by atoms with Crippen LogP contribution in [0.25, 0.3) is 99.8 Å². The number of para-hydroxylation sites is 4. The average Bonchev–Trinajstić information content (AvgIpc) is 3.93. The van der Waals surface area contributed by atoms with Gasteiger partial charge in [-0.25, -0.2) is 9.97 Å². The van der Waals surface area contributed by atoms with Gasteiger partial charge in [0.1, 0.15) is 11.6 Å². The minimum Gasteiger partial charge on any atom is -0.354 e. The van der Waals surface area contributed by atoms with Crippen molar-refractivity contribution in [3.8, 4) is 45.1 Å². The zero-order valence-corrected chi connectivity index (χ0v) is 33.9. The minimum atomic E-state index is -4.51. The Hall–Kier alpha value is -7.45. The summed E-state index contributed by atoms with van der Waals surface area (Å²) in [5.41, 5.74) is 14.4. The summed E-state index contributed by atoms with van der Waals surface area (Å²) in [5.74, 6) is 1.41. The van der Waals surface area contributed by atoms with Crippen molar-refractivity contribution in [1.82, 2.24) is 24.1 Å². The Morgan fingerprint density at radius 1 is 0.557 bits per heavy atom. The number of aromatic amines is 1.